The first kappa shape index (κ1) is 12.0. The average Bonchev–Trinajstić information content (AvgIpc) is 2.65. The first-order valence-corrected chi connectivity index (χ1v) is 5.70. The van der Waals surface area contributed by atoms with Crippen molar-refractivity contribution in [3.05, 3.63) is 46.0 Å². The average molecular weight is 254 g/mol. The maximum Gasteiger partial charge on any atom is 0.182 e. The summed E-state index contributed by atoms with van der Waals surface area (Å²) < 4.78 is 29.2. The first-order valence-electron chi connectivity index (χ1n) is 5.30. The number of benzene rings is 1. The monoisotopic (exact) mass is 254 g/mol. The zero-order valence-electron chi connectivity index (χ0n) is 9.55. The van der Waals surface area contributed by atoms with Gasteiger partial charge in [0.25, 0.3) is 0 Å². The Morgan fingerprint density at radius 1 is 1.29 bits per heavy atom. The third kappa shape index (κ3) is 2.02. The second-order valence-electron chi connectivity index (χ2n) is 3.83. The van der Waals surface area contributed by atoms with Gasteiger partial charge in [-0.25, -0.2) is 8.78 Å². The van der Waals surface area contributed by atoms with Gasteiger partial charge in [-0.15, -0.1) is 0 Å². The van der Waals surface area contributed by atoms with E-state index in [0.717, 1.165) is 5.69 Å². The Balaban J connectivity index is 2.72. The molecule has 1 aromatic carbocycles. The number of hydrogen-bond acceptors (Lipinski definition) is 1. The van der Waals surface area contributed by atoms with E-state index in [4.69, 9.17) is 12.2 Å². The Morgan fingerprint density at radius 3 is 2.65 bits per heavy atom. The zero-order chi connectivity index (χ0) is 12.6. The molecule has 17 heavy (non-hydrogen) atoms. The molecular formula is C12H12F2N2S. The van der Waals surface area contributed by atoms with Crippen LogP contribution in [0.2, 0.25) is 0 Å². The number of aromatic amines is 1. The van der Waals surface area contributed by atoms with Crippen molar-refractivity contribution >= 4 is 12.2 Å². The van der Waals surface area contributed by atoms with Crippen LogP contribution in [0.5, 0.6) is 0 Å². The molecule has 0 amide bonds. The molecule has 0 fully saturated rings. The highest BCUT2D eigenvalue weighted by Gasteiger charge is 2.12. The summed E-state index contributed by atoms with van der Waals surface area (Å²) >= 11 is 5.08. The molecule has 1 heterocycles. The minimum absolute atomic E-state index is 0.149. The Kier molecular flexibility index (Phi) is 3.11. The predicted octanol–water partition coefficient (Wildman–Crippen LogP) is 3.68. The van der Waals surface area contributed by atoms with Crippen molar-refractivity contribution in [3.8, 4) is 5.69 Å². The number of H-pyrrole nitrogens is 1. The fraction of sp³-hybridized carbons (Fsp3) is 0.250. The highest BCUT2D eigenvalue weighted by Crippen LogP contribution is 2.20. The van der Waals surface area contributed by atoms with Crippen LogP contribution in [0.25, 0.3) is 5.69 Å². The van der Waals surface area contributed by atoms with Gasteiger partial charge in [-0.2, -0.15) is 0 Å². The van der Waals surface area contributed by atoms with E-state index >= 15 is 0 Å². The number of aryl methyl sites for hydroxylation is 2. The maximum atomic E-state index is 13.8. The highest BCUT2D eigenvalue weighted by molar-refractivity contribution is 7.71. The number of imidazole rings is 1. The van der Waals surface area contributed by atoms with E-state index in [9.17, 15) is 8.78 Å². The molecule has 1 aromatic heterocycles. The highest BCUT2D eigenvalue weighted by atomic mass is 32.1. The van der Waals surface area contributed by atoms with Gasteiger partial charge in [-0.3, -0.25) is 4.57 Å². The molecule has 90 valence electrons. The fourth-order valence-electron chi connectivity index (χ4n) is 1.74. The van der Waals surface area contributed by atoms with Gasteiger partial charge in [-0.1, -0.05) is 6.92 Å². The predicted molar refractivity (Wildman–Crippen MR) is 65.0 cm³/mol. The Bertz CT molecular complexity index is 613. The summed E-state index contributed by atoms with van der Waals surface area (Å²) in [6.07, 6.45) is 2.39. The van der Waals surface area contributed by atoms with Crippen LogP contribution in [-0.4, -0.2) is 9.55 Å². The van der Waals surface area contributed by atoms with Crippen LogP contribution < -0.4 is 0 Å². The van der Waals surface area contributed by atoms with E-state index in [1.165, 1.54) is 23.6 Å². The molecule has 1 N–H and O–H groups in total. The van der Waals surface area contributed by atoms with Crippen molar-refractivity contribution in [2.45, 2.75) is 20.3 Å². The minimum Gasteiger partial charge on any atom is -0.337 e. The maximum absolute atomic E-state index is 13.8. The smallest absolute Gasteiger partial charge is 0.182 e. The molecule has 0 spiro atoms. The number of halogens is 2. The molecule has 0 aliphatic carbocycles. The van der Waals surface area contributed by atoms with Crippen molar-refractivity contribution in [1.29, 1.82) is 0 Å². The molecule has 0 atom stereocenters. The quantitative estimate of drug-likeness (QED) is 0.811. The van der Waals surface area contributed by atoms with Crippen molar-refractivity contribution < 1.29 is 8.78 Å². The number of nitrogens with one attached hydrogen (secondary N) is 1. The van der Waals surface area contributed by atoms with Crippen LogP contribution >= 0.6 is 12.2 Å². The molecule has 0 saturated heterocycles. The molecule has 2 rings (SSSR count). The van der Waals surface area contributed by atoms with Crippen LogP contribution in [0.4, 0.5) is 8.78 Å². The number of rotatable bonds is 2. The van der Waals surface area contributed by atoms with E-state index in [1.54, 1.807) is 6.20 Å². The lowest BCUT2D eigenvalue weighted by molar-refractivity contribution is 0.583. The van der Waals surface area contributed by atoms with E-state index in [1.807, 2.05) is 6.92 Å². The molecule has 0 radical (unpaired) electrons. The second kappa shape index (κ2) is 4.41. The minimum atomic E-state index is -0.477. The molecule has 5 heteroatoms. The van der Waals surface area contributed by atoms with Gasteiger partial charge in [0.05, 0.1) is 5.69 Å². The van der Waals surface area contributed by atoms with Gasteiger partial charge in [0.2, 0.25) is 0 Å². The molecule has 0 unspecified atom stereocenters. The van der Waals surface area contributed by atoms with Crippen LogP contribution in [-0.2, 0) is 6.42 Å². The van der Waals surface area contributed by atoms with E-state index < -0.39 is 11.6 Å². The summed E-state index contributed by atoms with van der Waals surface area (Å²) in [6, 6.07) is 2.35. The standard InChI is InChI=1S/C12H12F2N2S/c1-3-8-6-15-12(17)16(8)11-5-9(13)7(2)4-10(11)14/h4-6H,3H2,1-2H3,(H,15,17). The van der Waals surface area contributed by atoms with Gasteiger partial charge < -0.3 is 4.98 Å². The molecular weight excluding hydrogens is 242 g/mol. The van der Waals surface area contributed by atoms with E-state index in [2.05, 4.69) is 4.98 Å². The Morgan fingerprint density at radius 2 is 2.00 bits per heavy atom. The molecule has 2 aromatic rings. The molecule has 0 saturated carbocycles. The van der Waals surface area contributed by atoms with Gasteiger partial charge in [0.15, 0.2) is 4.77 Å². The van der Waals surface area contributed by atoms with E-state index in [-0.39, 0.29) is 11.3 Å². The molecule has 0 bridgehead atoms. The summed E-state index contributed by atoms with van der Waals surface area (Å²) in [5, 5.41) is 0. The first-order chi connectivity index (χ1) is 8.04. The van der Waals surface area contributed by atoms with Crippen molar-refractivity contribution in [3.63, 3.8) is 0 Å². The van der Waals surface area contributed by atoms with Crippen LogP contribution in [0, 0.1) is 23.3 Å². The lowest BCUT2D eigenvalue weighted by Gasteiger charge is -2.09. The number of hydrogen-bond donors (Lipinski definition) is 1. The number of nitrogens with zero attached hydrogens (tertiary/aromatic N) is 1. The summed E-state index contributed by atoms with van der Waals surface area (Å²) in [5.41, 5.74) is 1.25. The largest absolute Gasteiger partial charge is 0.337 e. The third-order valence-electron chi connectivity index (χ3n) is 2.68. The lowest BCUT2D eigenvalue weighted by Crippen LogP contribution is -2.03. The van der Waals surface area contributed by atoms with Crippen LogP contribution in [0.15, 0.2) is 18.3 Å². The summed E-state index contributed by atoms with van der Waals surface area (Å²) in [7, 11) is 0. The second-order valence-corrected chi connectivity index (χ2v) is 4.21. The topological polar surface area (TPSA) is 20.7 Å². The third-order valence-corrected chi connectivity index (χ3v) is 2.98. The molecule has 0 aliphatic rings. The van der Waals surface area contributed by atoms with Crippen molar-refractivity contribution in [2.24, 2.45) is 0 Å². The Hall–Kier alpha value is -1.49. The van der Waals surface area contributed by atoms with Crippen molar-refractivity contribution in [2.75, 3.05) is 0 Å². The normalized spacial score (nSPS) is 10.8. The van der Waals surface area contributed by atoms with Gasteiger partial charge in [0, 0.05) is 18.0 Å². The van der Waals surface area contributed by atoms with E-state index in [0.29, 0.717) is 11.2 Å². The number of aromatic nitrogens is 2. The molecule has 2 nitrogen and oxygen atoms in total. The summed E-state index contributed by atoms with van der Waals surface area (Å²) in [6.45, 7) is 3.45. The lowest BCUT2D eigenvalue weighted by atomic mass is 10.2. The van der Waals surface area contributed by atoms with Gasteiger partial charge in [0.1, 0.15) is 11.6 Å². The fourth-order valence-corrected chi connectivity index (χ4v) is 2.01. The zero-order valence-corrected chi connectivity index (χ0v) is 10.4. The molecule has 0 aliphatic heterocycles. The van der Waals surface area contributed by atoms with Crippen molar-refractivity contribution in [1.82, 2.24) is 9.55 Å². The Labute approximate surface area is 103 Å². The van der Waals surface area contributed by atoms with Crippen LogP contribution in [0.3, 0.4) is 0 Å². The van der Waals surface area contributed by atoms with Crippen LogP contribution in [0.1, 0.15) is 18.2 Å². The van der Waals surface area contributed by atoms with Gasteiger partial charge >= 0.3 is 0 Å². The van der Waals surface area contributed by atoms with Gasteiger partial charge in [-0.05, 0) is 37.2 Å². The summed E-state index contributed by atoms with van der Waals surface area (Å²) in [4.78, 5) is 2.84. The SMILES string of the molecule is CCc1c[nH]c(=S)n1-c1cc(F)c(C)cc1F. The summed E-state index contributed by atoms with van der Waals surface area (Å²) in [5.74, 6) is -0.916.